The standard InChI is InChI=1S/C20H24N4/c1-13-18(14(2)23(3)22-13)11-24-12-19-16-7-5-4-6-15(16)8-9-17(19)20(24)10-21/h4-9,20H,10-12,21H2,1-3H3. The van der Waals surface area contributed by atoms with E-state index >= 15 is 0 Å². The van der Waals surface area contributed by atoms with Gasteiger partial charge in [-0.05, 0) is 35.7 Å². The van der Waals surface area contributed by atoms with Crippen molar-refractivity contribution in [2.24, 2.45) is 12.8 Å². The van der Waals surface area contributed by atoms with Gasteiger partial charge >= 0.3 is 0 Å². The van der Waals surface area contributed by atoms with Crippen molar-refractivity contribution in [1.82, 2.24) is 14.7 Å². The second-order valence-corrected chi connectivity index (χ2v) is 6.78. The Morgan fingerprint density at radius 3 is 2.67 bits per heavy atom. The summed E-state index contributed by atoms with van der Waals surface area (Å²) in [6.45, 7) is 6.73. The Hall–Kier alpha value is -2.17. The van der Waals surface area contributed by atoms with Crippen molar-refractivity contribution in [3.63, 3.8) is 0 Å². The lowest BCUT2D eigenvalue weighted by Gasteiger charge is -2.24. The van der Waals surface area contributed by atoms with E-state index < -0.39 is 0 Å². The molecule has 0 radical (unpaired) electrons. The fraction of sp³-hybridized carbons (Fsp3) is 0.350. The molecule has 1 aromatic heterocycles. The average Bonchev–Trinajstić information content (AvgIpc) is 3.07. The van der Waals surface area contributed by atoms with Gasteiger partial charge in [-0.2, -0.15) is 5.10 Å². The van der Waals surface area contributed by atoms with Gasteiger partial charge in [0, 0.05) is 44.0 Å². The van der Waals surface area contributed by atoms with Crippen LogP contribution in [0.2, 0.25) is 0 Å². The summed E-state index contributed by atoms with van der Waals surface area (Å²) in [7, 11) is 2.01. The summed E-state index contributed by atoms with van der Waals surface area (Å²) in [5, 5.41) is 7.23. The van der Waals surface area contributed by atoms with Crippen molar-refractivity contribution < 1.29 is 0 Å². The number of nitrogens with two attached hydrogens (primary N) is 1. The van der Waals surface area contributed by atoms with E-state index in [0.29, 0.717) is 6.54 Å². The first kappa shape index (κ1) is 15.4. The highest BCUT2D eigenvalue weighted by Gasteiger charge is 2.31. The first-order valence-electron chi connectivity index (χ1n) is 8.54. The normalized spacial score (nSPS) is 17.6. The van der Waals surface area contributed by atoms with Crippen LogP contribution in [0.3, 0.4) is 0 Å². The molecule has 24 heavy (non-hydrogen) atoms. The lowest BCUT2D eigenvalue weighted by molar-refractivity contribution is 0.210. The summed E-state index contributed by atoms with van der Waals surface area (Å²) in [6, 6.07) is 13.4. The molecule has 2 N–H and O–H groups in total. The molecule has 0 bridgehead atoms. The van der Waals surface area contributed by atoms with Crippen molar-refractivity contribution in [3.8, 4) is 0 Å². The highest BCUT2D eigenvalue weighted by atomic mass is 15.3. The third kappa shape index (κ3) is 2.26. The van der Waals surface area contributed by atoms with E-state index in [1.165, 1.54) is 33.2 Å². The van der Waals surface area contributed by atoms with Gasteiger partial charge in [0.05, 0.1) is 5.69 Å². The Morgan fingerprint density at radius 1 is 1.17 bits per heavy atom. The van der Waals surface area contributed by atoms with Gasteiger partial charge in [-0.3, -0.25) is 9.58 Å². The van der Waals surface area contributed by atoms with Crippen LogP contribution in [0.25, 0.3) is 10.8 Å². The molecule has 4 nitrogen and oxygen atoms in total. The number of aryl methyl sites for hydroxylation is 2. The SMILES string of the molecule is Cc1nn(C)c(C)c1CN1Cc2c(ccc3ccccc23)C1CN. The van der Waals surface area contributed by atoms with Crippen LogP contribution in [0.15, 0.2) is 36.4 Å². The second-order valence-electron chi connectivity index (χ2n) is 6.78. The number of hydrogen-bond donors (Lipinski definition) is 1. The molecule has 1 aliphatic heterocycles. The van der Waals surface area contributed by atoms with E-state index in [0.717, 1.165) is 18.8 Å². The zero-order chi connectivity index (χ0) is 16.8. The van der Waals surface area contributed by atoms with E-state index in [-0.39, 0.29) is 6.04 Å². The number of fused-ring (bicyclic) bond motifs is 3. The van der Waals surface area contributed by atoms with Crippen LogP contribution in [-0.2, 0) is 20.1 Å². The molecule has 0 aliphatic carbocycles. The molecule has 2 heterocycles. The molecule has 4 rings (SSSR count). The summed E-state index contributed by atoms with van der Waals surface area (Å²) < 4.78 is 1.97. The quantitative estimate of drug-likeness (QED) is 0.806. The topological polar surface area (TPSA) is 47.1 Å². The molecule has 4 heteroatoms. The van der Waals surface area contributed by atoms with Gasteiger partial charge in [0.2, 0.25) is 0 Å². The predicted molar refractivity (Wildman–Crippen MR) is 97.7 cm³/mol. The van der Waals surface area contributed by atoms with Crippen molar-refractivity contribution in [2.45, 2.75) is 33.0 Å². The zero-order valence-electron chi connectivity index (χ0n) is 14.6. The Balaban J connectivity index is 1.74. The molecular weight excluding hydrogens is 296 g/mol. The number of benzene rings is 2. The summed E-state index contributed by atoms with van der Waals surface area (Å²) in [5.41, 5.74) is 12.7. The first-order chi connectivity index (χ1) is 11.6. The number of aromatic nitrogens is 2. The maximum absolute atomic E-state index is 6.16. The predicted octanol–water partition coefficient (Wildman–Crippen LogP) is 3.21. The third-order valence-corrected chi connectivity index (χ3v) is 5.48. The molecule has 2 aromatic carbocycles. The average molecular weight is 320 g/mol. The lowest BCUT2D eigenvalue weighted by atomic mass is 9.98. The van der Waals surface area contributed by atoms with Gasteiger partial charge in [0.15, 0.2) is 0 Å². The number of nitrogens with zero attached hydrogens (tertiary/aromatic N) is 3. The van der Waals surface area contributed by atoms with Gasteiger partial charge in [0.1, 0.15) is 0 Å². The van der Waals surface area contributed by atoms with Crippen LogP contribution < -0.4 is 5.73 Å². The smallest absolute Gasteiger partial charge is 0.0641 e. The molecule has 0 fully saturated rings. The molecule has 0 spiro atoms. The highest BCUT2D eigenvalue weighted by molar-refractivity contribution is 5.87. The van der Waals surface area contributed by atoms with E-state index in [4.69, 9.17) is 5.73 Å². The maximum atomic E-state index is 6.16. The second kappa shape index (κ2) is 5.72. The van der Waals surface area contributed by atoms with Gasteiger partial charge in [-0.25, -0.2) is 0 Å². The van der Waals surface area contributed by atoms with E-state index in [2.05, 4.69) is 60.2 Å². The fourth-order valence-corrected chi connectivity index (χ4v) is 4.04. The minimum atomic E-state index is 0.281. The Labute approximate surface area is 142 Å². The van der Waals surface area contributed by atoms with E-state index in [1.54, 1.807) is 0 Å². The number of hydrogen-bond acceptors (Lipinski definition) is 3. The van der Waals surface area contributed by atoms with Gasteiger partial charge < -0.3 is 5.73 Å². The molecule has 124 valence electrons. The summed E-state index contributed by atoms with van der Waals surface area (Å²) >= 11 is 0. The zero-order valence-corrected chi connectivity index (χ0v) is 14.6. The Kier molecular flexibility index (Phi) is 3.66. The fourth-order valence-electron chi connectivity index (χ4n) is 4.04. The summed E-state index contributed by atoms with van der Waals surface area (Å²) in [6.07, 6.45) is 0. The van der Waals surface area contributed by atoms with Crippen molar-refractivity contribution in [1.29, 1.82) is 0 Å². The summed E-state index contributed by atoms with van der Waals surface area (Å²) in [5.74, 6) is 0. The van der Waals surface area contributed by atoms with E-state index in [9.17, 15) is 0 Å². The highest BCUT2D eigenvalue weighted by Crippen LogP contribution is 2.38. The molecule has 0 amide bonds. The van der Waals surface area contributed by atoms with Gasteiger partial charge in [-0.15, -0.1) is 0 Å². The minimum absolute atomic E-state index is 0.281. The minimum Gasteiger partial charge on any atom is -0.329 e. The van der Waals surface area contributed by atoms with Crippen molar-refractivity contribution in [3.05, 3.63) is 64.5 Å². The third-order valence-electron chi connectivity index (χ3n) is 5.48. The van der Waals surface area contributed by atoms with Crippen LogP contribution in [-0.4, -0.2) is 21.2 Å². The molecule has 0 saturated heterocycles. The van der Waals surface area contributed by atoms with Crippen molar-refractivity contribution in [2.75, 3.05) is 6.54 Å². The summed E-state index contributed by atoms with van der Waals surface area (Å²) in [4.78, 5) is 2.49. The monoisotopic (exact) mass is 320 g/mol. The van der Waals surface area contributed by atoms with Crippen LogP contribution in [0.1, 0.15) is 34.1 Å². The van der Waals surface area contributed by atoms with Crippen LogP contribution >= 0.6 is 0 Å². The maximum Gasteiger partial charge on any atom is 0.0641 e. The molecule has 1 aliphatic rings. The Morgan fingerprint density at radius 2 is 1.96 bits per heavy atom. The molecule has 1 atom stereocenters. The van der Waals surface area contributed by atoms with Crippen LogP contribution in [0.4, 0.5) is 0 Å². The number of rotatable bonds is 3. The molecule has 0 saturated carbocycles. The Bertz CT molecular complexity index is 909. The van der Waals surface area contributed by atoms with Crippen molar-refractivity contribution >= 4 is 10.8 Å². The van der Waals surface area contributed by atoms with Crippen LogP contribution in [0, 0.1) is 13.8 Å². The largest absolute Gasteiger partial charge is 0.329 e. The van der Waals surface area contributed by atoms with Gasteiger partial charge in [-0.1, -0.05) is 36.4 Å². The first-order valence-corrected chi connectivity index (χ1v) is 8.54. The molecule has 1 unspecified atom stereocenters. The molecule has 3 aromatic rings. The van der Waals surface area contributed by atoms with Crippen LogP contribution in [0.5, 0.6) is 0 Å². The van der Waals surface area contributed by atoms with E-state index in [1.807, 2.05) is 11.7 Å². The molecular formula is C20H24N4. The van der Waals surface area contributed by atoms with Gasteiger partial charge in [0.25, 0.3) is 0 Å². The lowest BCUT2D eigenvalue weighted by Crippen LogP contribution is -2.28.